The minimum Gasteiger partial charge on any atom is -0.497 e. The summed E-state index contributed by atoms with van der Waals surface area (Å²) in [7, 11) is 1.68. The standard InChI is InChI=1S/C25H30N4O3/c1-16(2)27-25(31)28-23-7-5-4-6-19(23)24(30)29-12-10-17(11-13-29)21-15-26-22-9-8-18(32-3)14-20(21)22/h4-9,14-17,26H,10-13H2,1-3H3,(H2,27,28,31). The van der Waals surface area contributed by atoms with E-state index >= 15 is 0 Å². The molecule has 0 aliphatic carbocycles. The van der Waals surface area contributed by atoms with Gasteiger partial charge in [-0.05, 0) is 68.5 Å². The van der Waals surface area contributed by atoms with Crippen LogP contribution >= 0.6 is 0 Å². The second-order valence-corrected chi connectivity index (χ2v) is 8.52. The number of fused-ring (bicyclic) bond motifs is 1. The molecule has 1 aliphatic rings. The van der Waals surface area contributed by atoms with E-state index in [1.54, 1.807) is 19.2 Å². The average molecular weight is 435 g/mol. The van der Waals surface area contributed by atoms with E-state index in [-0.39, 0.29) is 18.0 Å². The van der Waals surface area contributed by atoms with Crippen molar-refractivity contribution in [3.05, 3.63) is 59.8 Å². The van der Waals surface area contributed by atoms with E-state index in [1.807, 2.05) is 43.0 Å². The zero-order valence-corrected chi connectivity index (χ0v) is 18.8. The van der Waals surface area contributed by atoms with Gasteiger partial charge in [0.15, 0.2) is 0 Å². The van der Waals surface area contributed by atoms with Crippen LogP contribution in [0.1, 0.15) is 48.5 Å². The quantitative estimate of drug-likeness (QED) is 0.543. The van der Waals surface area contributed by atoms with Crippen molar-refractivity contribution in [1.29, 1.82) is 0 Å². The number of H-pyrrole nitrogens is 1. The first kappa shape index (κ1) is 21.7. The third kappa shape index (κ3) is 4.56. The zero-order valence-electron chi connectivity index (χ0n) is 18.8. The smallest absolute Gasteiger partial charge is 0.319 e. The average Bonchev–Trinajstić information content (AvgIpc) is 3.21. The summed E-state index contributed by atoms with van der Waals surface area (Å²) in [6.45, 7) is 5.13. The molecule has 2 heterocycles. The number of likely N-dealkylation sites (tertiary alicyclic amines) is 1. The number of amides is 3. The number of nitrogens with zero attached hydrogens (tertiary/aromatic N) is 1. The first-order chi connectivity index (χ1) is 15.5. The van der Waals surface area contributed by atoms with Crippen LogP contribution < -0.4 is 15.4 Å². The molecule has 3 N–H and O–H groups in total. The molecular weight excluding hydrogens is 404 g/mol. The highest BCUT2D eigenvalue weighted by Crippen LogP contribution is 2.35. The van der Waals surface area contributed by atoms with Crippen molar-refractivity contribution in [3.8, 4) is 5.75 Å². The van der Waals surface area contributed by atoms with Gasteiger partial charge in [0.2, 0.25) is 0 Å². The molecule has 0 unspecified atom stereocenters. The molecule has 7 nitrogen and oxygen atoms in total. The summed E-state index contributed by atoms with van der Waals surface area (Å²) in [6.07, 6.45) is 3.86. The Hall–Kier alpha value is -3.48. The van der Waals surface area contributed by atoms with Gasteiger partial charge in [0.05, 0.1) is 18.4 Å². The van der Waals surface area contributed by atoms with Crippen LogP contribution in [-0.2, 0) is 0 Å². The Labute approximate surface area is 188 Å². The van der Waals surface area contributed by atoms with Crippen LogP contribution in [0.3, 0.4) is 0 Å². The van der Waals surface area contributed by atoms with Gasteiger partial charge in [-0.2, -0.15) is 0 Å². The number of ether oxygens (including phenoxy) is 1. The Morgan fingerprint density at radius 3 is 2.59 bits per heavy atom. The van der Waals surface area contributed by atoms with Crippen LogP contribution in [0.15, 0.2) is 48.7 Å². The van der Waals surface area contributed by atoms with Gasteiger partial charge in [-0.15, -0.1) is 0 Å². The fraction of sp³-hybridized carbons (Fsp3) is 0.360. The maximum atomic E-state index is 13.2. The van der Waals surface area contributed by atoms with Crippen LogP contribution in [0, 0.1) is 0 Å². The maximum Gasteiger partial charge on any atom is 0.319 e. The van der Waals surface area contributed by atoms with Crippen LogP contribution in [0.25, 0.3) is 10.9 Å². The first-order valence-corrected chi connectivity index (χ1v) is 11.1. The highest BCUT2D eigenvalue weighted by Gasteiger charge is 2.27. The molecule has 3 aromatic rings. The molecular formula is C25H30N4O3. The van der Waals surface area contributed by atoms with Crippen molar-refractivity contribution in [2.24, 2.45) is 0 Å². The molecule has 0 saturated carbocycles. The largest absolute Gasteiger partial charge is 0.497 e. The number of para-hydroxylation sites is 1. The molecule has 168 valence electrons. The van der Waals surface area contributed by atoms with E-state index in [1.165, 1.54) is 10.9 Å². The molecule has 1 aromatic heterocycles. The van der Waals surface area contributed by atoms with E-state index < -0.39 is 0 Å². The number of piperidine rings is 1. The monoisotopic (exact) mass is 434 g/mol. The van der Waals surface area contributed by atoms with Gasteiger partial charge in [-0.25, -0.2) is 4.79 Å². The van der Waals surface area contributed by atoms with E-state index in [2.05, 4.69) is 27.9 Å². The Morgan fingerprint density at radius 2 is 1.88 bits per heavy atom. The van der Waals surface area contributed by atoms with Gasteiger partial charge < -0.3 is 25.3 Å². The van der Waals surface area contributed by atoms with Crippen molar-refractivity contribution < 1.29 is 14.3 Å². The Bertz CT molecular complexity index is 1110. The fourth-order valence-electron chi connectivity index (χ4n) is 4.35. The Balaban J connectivity index is 1.45. The molecule has 0 spiro atoms. The summed E-state index contributed by atoms with van der Waals surface area (Å²) in [6, 6.07) is 12.9. The summed E-state index contributed by atoms with van der Waals surface area (Å²) in [4.78, 5) is 30.6. The van der Waals surface area contributed by atoms with E-state index in [0.29, 0.717) is 30.3 Å². The van der Waals surface area contributed by atoms with E-state index in [4.69, 9.17) is 4.74 Å². The van der Waals surface area contributed by atoms with Gasteiger partial charge in [-0.3, -0.25) is 4.79 Å². The summed E-state index contributed by atoms with van der Waals surface area (Å²) in [5.74, 6) is 1.17. The predicted molar refractivity (Wildman–Crippen MR) is 126 cm³/mol. The summed E-state index contributed by atoms with van der Waals surface area (Å²) in [5.41, 5.74) is 3.42. The number of carbonyl (C=O) groups is 2. The highest BCUT2D eigenvalue weighted by molar-refractivity contribution is 6.03. The van der Waals surface area contributed by atoms with Crippen molar-refractivity contribution in [1.82, 2.24) is 15.2 Å². The lowest BCUT2D eigenvalue weighted by Crippen LogP contribution is -2.39. The Morgan fingerprint density at radius 1 is 1.12 bits per heavy atom. The SMILES string of the molecule is COc1ccc2[nH]cc(C3CCN(C(=O)c4ccccc4NC(=O)NC(C)C)CC3)c2c1. The van der Waals surface area contributed by atoms with Crippen molar-refractivity contribution in [2.75, 3.05) is 25.5 Å². The minimum absolute atomic E-state index is 0.0152. The number of aromatic amines is 1. The lowest BCUT2D eigenvalue weighted by Gasteiger charge is -2.32. The molecule has 4 rings (SSSR count). The van der Waals surface area contributed by atoms with Crippen molar-refractivity contribution >= 4 is 28.5 Å². The number of rotatable bonds is 5. The van der Waals surface area contributed by atoms with Crippen LogP contribution in [0.2, 0.25) is 0 Å². The third-order valence-corrected chi connectivity index (χ3v) is 5.97. The number of urea groups is 1. The molecule has 0 radical (unpaired) electrons. The summed E-state index contributed by atoms with van der Waals surface area (Å²) in [5, 5.41) is 6.79. The van der Waals surface area contributed by atoms with E-state index in [0.717, 1.165) is 24.1 Å². The number of carbonyl (C=O) groups excluding carboxylic acids is 2. The molecule has 0 bridgehead atoms. The highest BCUT2D eigenvalue weighted by atomic mass is 16.5. The predicted octanol–water partition coefficient (Wildman–Crippen LogP) is 4.73. The molecule has 1 fully saturated rings. The molecule has 0 atom stereocenters. The molecule has 2 aromatic carbocycles. The second kappa shape index (κ2) is 9.34. The summed E-state index contributed by atoms with van der Waals surface area (Å²) < 4.78 is 5.39. The lowest BCUT2D eigenvalue weighted by molar-refractivity contribution is 0.0714. The number of nitrogens with one attached hydrogen (secondary N) is 3. The lowest BCUT2D eigenvalue weighted by atomic mass is 9.89. The van der Waals surface area contributed by atoms with Gasteiger partial charge in [0.1, 0.15) is 5.75 Å². The van der Waals surface area contributed by atoms with E-state index in [9.17, 15) is 9.59 Å². The van der Waals surface area contributed by atoms with Gasteiger partial charge >= 0.3 is 6.03 Å². The minimum atomic E-state index is -0.311. The fourth-order valence-corrected chi connectivity index (χ4v) is 4.35. The molecule has 32 heavy (non-hydrogen) atoms. The van der Waals surface area contributed by atoms with Gasteiger partial charge in [0.25, 0.3) is 5.91 Å². The molecule has 7 heteroatoms. The maximum absolute atomic E-state index is 13.2. The van der Waals surface area contributed by atoms with Gasteiger partial charge in [0, 0.05) is 36.2 Å². The number of hydrogen-bond donors (Lipinski definition) is 3. The Kier molecular flexibility index (Phi) is 6.35. The topological polar surface area (TPSA) is 86.5 Å². The molecule has 1 aliphatic heterocycles. The number of aromatic nitrogens is 1. The van der Waals surface area contributed by atoms with Crippen LogP contribution in [-0.4, -0.2) is 48.1 Å². The van der Waals surface area contributed by atoms with Gasteiger partial charge in [-0.1, -0.05) is 12.1 Å². The normalized spacial score (nSPS) is 14.6. The second-order valence-electron chi connectivity index (χ2n) is 8.52. The number of methoxy groups -OCH3 is 1. The summed E-state index contributed by atoms with van der Waals surface area (Å²) >= 11 is 0. The molecule has 1 saturated heterocycles. The number of anilines is 1. The zero-order chi connectivity index (χ0) is 22.7. The number of hydrogen-bond acceptors (Lipinski definition) is 3. The first-order valence-electron chi connectivity index (χ1n) is 11.1. The number of benzene rings is 2. The third-order valence-electron chi connectivity index (χ3n) is 5.97. The van der Waals surface area contributed by atoms with Crippen LogP contribution in [0.4, 0.5) is 10.5 Å². The van der Waals surface area contributed by atoms with Crippen LogP contribution in [0.5, 0.6) is 5.75 Å². The van der Waals surface area contributed by atoms with Crippen molar-refractivity contribution in [3.63, 3.8) is 0 Å². The van der Waals surface area contributed by atoms with Crippen molar-refractivity contribution in [2.45, 2.75) is 38.6 Å². The molecule has 3 amide bonds.